The zero-order chi connectivity index (χ0) is 12.3. The van der Waals surface area contributed by atoms with Gasteiger partial charge in [-0.3, -0.25) is 0 Å². The summed E-state index contributed by atoms with van der Waals surface area (Å²) in [5, 5.41) is 8.94. The number of rotatable bonds is 5. The molecule has 0 aliphatic rings. The molecule has 0 aromatic carbocycles. The maximum Gasteiger partial charge on any atom is 0.250 e. The van der Waals surface area contributed by atoms with Crippen LogP contribution in [0.25, 0.3) is 0 Å². The summed E-state index contributed by atoms with van der Waals surface area (Å²) in [4.78, 5) is 0.961. The predicted octanol–water partition coefficient (Wildman–Crippen LogP) is 1.35. The van der Waals surface area contributed by atoms with Crippen LogP contribution < -0.4 is 4.72 Å². The van der Waals surface area contributed by atoms with E-state index in [4.69, 9.17) is 5.11 Å². The zero-order valence-electron chi connectivity index (χ0n) is 9.60. The van der Waals surface area contributed by atoms with Crippen LogP contribution in [0, 0.1) is 12.8 Å². The van der Waals surface area contributed by atoms with Crippen molar-refractivity contribution in [3.8, 4) is 0 Å². The fourth-order valence-corrected chi connectivity index (χ4v) is 3.79. The van der Waals surface area contributed by atoms with Crippen molar-refractivity contribution >= 4 is 21.4 Å². The predicted molar refractivity (Wildman–Crippen MR) is 65.1 cm³/mol. The lowest BCUT2D eigenvalue weighted by molar-refractivity contribution is 0.216. The van der Waals surface area contributed by atoms with Gasteiger partial charge in [-0.2, -0.15) is 0 Å². The van der Waals surface area contributed by atoms with E-state index in [1.807, 2.05) is 6.92 Å². The van der Waals surface area contributed by atoms with Crippen LogP contribution in [0.5, 0.6) is 0 Å². The minimum atomic E-state index is -3.44. The Morgan fingerprint density at radius 2 is 2.06 bits per heavy atom. The number of sulfonamides is 1. The van der Waals surface area contributed by atoms with Gasteiger partial charge in [-0.15, -0.1) is 11.3 Å². The first kappa shape index (κ1) is 13.6. The fourth-order valence-electron chi connectivity index (χ4n) is 1.13. The van der Waals surface area contributed by atoms with Crippen molar-refractivity contribution in [1.82, 2.24) is 4.72 Å². The molecular formula is C10H17NO3S2. The smallest absolute Gasteiger partial charge is 0.250 e. The van der Waals surface area contributed by atoms with Crippen LogP contribution in [-0.4, -0.2) is 26.2 Å². The van der Waals surface area contributed by atoms with Gasteiger partial charge in [0.2, 0.25) is 10.0 Å². The highest BCUT2D eigenvalue weighted by atomic mass is 32.2. The first-order valence-corrected chi connectivity index (χ1v) is 7.36. The van der Waals surface area contributed by atoms with Crippen molar-refractivity contribution in [1.29, 1.82) is 0 Å². The van der Waals surface area contributed by atoms with Crippen molar-refractivity contribution in [2.24, 2.45) is 5.92 Å². The molecule has 0 saturated heterocycles. The third-order valence-corrected chi connectivity index (χ3v) is 5.51. The second-order valence-electron chi connectivity index (χ2n) is 3.93. The Hall–Kier alpha value is -0.430. The molecule has 6 heteroatoms. The summed E-state index contributed by atoms with van der Waals surface area (Å²) in [6.45, 7) is 5.38. The van der Waals surface area contributed by atoms with E-state index in [9.17, 15) is 8.42 Å². The van der Waals surface area contributed by atoms with Gasteiger partial charge in [-0.05, 0) is 31.9 Å². The molecule has 1 aromatic heterocycles. The number of hydrogen-bond acceptors (Lipinski definition) is 4. The molecule has 16 heavy (non-hydrogen) atoms. The van der Waals surface area contributed by atoms with E-state index in [2.05, 4.69) is 4.72 Å². The van der Waals surface area contributed by atoms with Crippen LogP contribution in [-0.2, 0) is 10.0 Å². The summed E-state index contributed by atoms with van der Waals surface area (Å²) < 4.78 is 26.7. The molecule has 0 saturated carbocycles. The monoisotopic (exact) mass is 263 g/mol. The molecule has 1 aromatic rings. The first-order chi connectivity index (χ1) is 7.36. The summed E-state index contributed by atoms with van der Waals surface area (Å²) in [7, 11) is -3.44. The summed E-state index contributed by atoms with van der Waals surface area (Å²) in [6, 6.07) is 3.09. The molecule has 4 nitrogen and oxygen atoms in total. The Balaban J connectivity index is 2.80. The number of hydrogen-bond donors (Lipinski definition) is 2. The average molecular weight is 263 g/mol. The van der Waals surface area contributed by atoms with Crippen molar-refractivity contribution in [2.75, 3.05) is 6.61 Å². The molecule has 0 amide bonds. The van der Waals surface area contributed by atoms with Crippen LogP contribution in [0.1, 0.15) is 18.7 Å². The van der Waals surface area contributed by atoms with E-state index < -0.39 is 10.0 Å². The third-order valence-electron chi connectivity index (χ3n) is 2.46. The largest absolute Gasteiger partial charge is 0.396 e. The van der Waals surface area contributed by atoms with Gasteiger partial charge in [0.15, 0.2) is 0 Å². The van der Waals surface area contributed by atoms with Crippen molar-refractivity contribution in [2.45, 2.75) is 31.0 Å². The Labute approximate surface area is 100 Å². The van der Waals surface area contributed by atoms with Gasteiger partial charge in [0.1, 0.15) is 4.21 Å². The number of thiophene rings is 1. The van der Waals surface area contributed by atoms with Crippen molar-refractivity contribution in [3.63, 3.8) is 0 Å². The molecule has 1 rings (SSSR count). The second kappa shape index (κ2) is 5.27. The summed E-state index contributed by atoms with van der Waals surface area (Å²) in [5.74, 6) is -0.101. The van der Waals surface area contributed by atoms with Crippen LogP contribution in [0.3, 0.4) is 0 Å². The summed E-state index contributed by atoms with van der Waals surface area (Å²) >= 11 is 1.24. The Bertz CT molecular complexity index is 439. The molecular weight excluding hydrogens is 246 g/mol. The lowest BCUT2D eigenvalue weighted by atomic mass is 10.1. The number of aliphatic hydroxyl groups is 1. The molecule has 0 radical (unpaired) electrons. The van der Waals surface area contributed by atoms with E-state index in [0.29, 0.717) is 4.21 Å². The van der Waals surface area contributed by atoms with Crippen LogP contribution >= 0.6 is 11.3 Å². The van der Waals surface area contributed by atoms with Gasteiger partial charge in [0.05, 0.1) is 0 Å². The lowest BCUT2D eigenvalue weighted by Crippen LogP contribution is -2.37. The number of aliphatic hydroxyl groups excluding tert-OH is 1. The molecule has 0 fully saturated rings. The summed E-state index contributed by atoms with van der Waals surface area (Å²) in [6.07, 6.45) is 0. The molecule has 0 aliphatic heterocycles. The quantitative estimate of drug-likeness (QED) is 0.842. The first-order valence-electron chi connectivity index (χ1n) is 5.06. The van der Waals surface area contributed by atoms with Crippen molar-refractivity contribution in [3.05, 3.63) is 17.0 Å². The molecule has 2 N–H and O–H groups in total. The maximum absolute atomic E-state index is 11.9. The normalized spacial score (nSPS) is 16.0. The lowest BCUT2D eigenvalue weighted by Gasteiger charge is -2.18. The highest BCUT2D eigenvalue weighted by Gasteiger charge is 2.21. The Morgan fingerprint density at radius 3 is 2.50 bits per heavy atom. The van der Waals surface area contributed by atoms with E-state index in [0.717, 1.165) is 4.88 Å². The van der Waals surface area contributed by atoms with Gasteiger partial charge in [0.25, 0.3) is 0 Å². The molecule has 2 unspecified atom stereocenters. The highest BCUT2D eigenvalue weighted by Crippen LogP contribution is 2.21. The van der Waals surface area contributed by atoms with E-state index >= 15 is 0 Å². The second-order valence-corrected chi connectivity index (χ2v) is 7.16. The molecule has 92 valence electrons. The SMILES string of the molecule is Cc1ccc(S(=O)(=O)NC(C)C(C)CO)s1. The van der Waals surface area contributed by atoms with Gasteiger partial charge in [-0.25, -0.2) is 13.1 Å². The molecule has 2 atom stereocenters. The minimum absolute atomic E-state index is 0.0346. The molecule has 0 spiro atoms. The topological polar surface area (TPSA) is 66.4 Å². The third kappa shape index (κ3) is 3.28. The van der Waals surface area contributed by atoms with E-state index in [-0.39, 0.29) is 18.6 Å². The van der Waals surface area contributed by atoms with Gasteiger partial charge >= 0.3 is 0 Å². The van der Waals surface area contributed by atoms with Crippen LogP contribution in [0.2, 0.25) is 0 Å². The standard InChI is InChI=1S/C10H17NO3S2/c1-7(6-12)9(3)11-16(13,14)10-5-4-8(2)15-10/h4-5,7,9,11-12H,6H2,1-3H3. The van der Waals surface area contributed by atoms with E-state index in [1.54, 1.807) is 26.0 Å². The van der Waals surface area contributed by atoms with Gasteiger partial charge < -0.3 is 5.11 Å². The summed E-state index contributed by atoms with van der Waals surface area (Å²) in [5.41, 5.74) is 0. The molecule has 0 aliphatic carbocycles. The van der Waals surface area contributed by atoms with Gasteiger partial charge in [-0.1, -0.05) is 6.92 Å². The molecule has 0 bridgehead atoms. The molecule has 1 heterocycles. The highest BCUT2D eigenvalue weighted by molar-refractivity contribution is 7.91. The Kier molecular flexibility index (Phi) is 4.49. The van der Waals surface area contributed by atoms with Crippen LogP contribution in [0.15, 0.2) is 16.3 Å². The average Bonchev–Trinajstić information content (AvgIpc) is 2.63. The zero-order valence-corrected chi connectivity index (χ0v) is 11.2. The number of nitrogens with one attached hydrogen (secondary N) is 1. The van der Waals surface area contributed by atoms with Crippen LogP contribution in [0.4, 0.5) is 0 Å². The maximum atomic E-state index is 11.9. The van der Waals surface area contributed by atoms with Crippen molar-refractivity contribution < 1.29 is 13.5 Å². The Morgan fingerprint density at radius 1 is 1.44 bits per heavy atom. The number of aryl methyl sites for hydroxylation is 1. The fraction of sp³-hybridized carbons (Fsp3) is 0.600. The minimum Gasteiger partial charge on any atom is -0.396 e. The van der Waals surface area contributed by atoms with Gasteiger partial charge in [0, 0.05) is 17.5 Å². The van der Waals surface area contributed by atoms with E-state index in [1.165, 1.54) is 11.3 Å².